The molecule has 0 unspecified atom stereocenters. The molecule has 0 N–H and O–H groups in total. The minimum Gasteiger partial charge on any atom is -0.464 e. The lowest BCUT2D eigenvalue weighted by Gasteiger charge is -2.21. The SMILES string of the molecule is COC(=O)c1coc(CN(C(=O)c2cccc(C(F)(F)F)c2)C2CC2)n1. The molecule has 1 fully saturated rings. The molecule has 1 amide bonds. The number of halogens is 3. The van der Waals surface area contributed by atoms with Crippen molar-refractivity contribution in [2.24, 2.45) is 0 Å². The predicted octanol–water partition coefficient (Wildman–Crippen LogP) is 3.28. The summed E-state index contributed by atoms with van der Waals surface area (Å²) in [6.45, 7) is -0.0449. The molecule has 0 aliphatic heterocycles. The van der Waals surface area contributed by atoms with Crippen LogP contribution >= 0.6 is 0 Å². The largest absolute Gasteiger partial charge is 0.464 e. The highest BCUT2D eigenvalue weighted by atomic mass is 19.4. The molecule has 1 aromatic heterocycles. The first-order valence-electron chi connectivity index (χ1n) is 7.80. The van der Waals surface area contributed by atoms with Gasteiger partial charge in [0, 0.05) is 11.6 Å². The summed E-state index contributed by atoms with van der Waals surface area (Å²) >= 11 is 0. The number of benzene rings is 1. The molecule has 1 aliphatic carbocycles. The number of carbonyl (C=O) groups is 2. The van der Waals surface area contributed by atoms with Crippen LogP contribution in [0.3, 0.4) is 0 Å². The summed E-state index contributed by atoms with van der Waals surface area (Å²) in [6, 6.07) is 4.18. The first-order valence-corrected chi connectivity index (χ1v) is 7.80. The number of aromatic nitrogens is 1. The summed E-state index contributed by atoms with van der Waals surface area (Å²) in [5.41, 5.74) is -0.987. The van der Waals surface area contributed by atoms with E-state index >= 15 is 0 Å². The Hall–Kier alpha value is -2.84. The van der Waals surface area contributed by atoms with Crippen LogP contribution in [0.25, 0.3) is 0 Å². The molecule has 1 aromatic carbocycles. The number of hydrogen-bond acceptors (Lipinski definition) is 5. The van der Waals surface area contributed by atoms with Gasteiger partial charge >= 0.3 is 12.1 Å². The van der Waals surface area contributed by atoms with E-state index in [2.05, 4.69) is 9.72 Å². The van der Waals surface area contributed by atoms with Crippen LogP contribution in [0.15, 0.2) is 34.9 Å². The van der Waals surface area contributed by atoms with Crippen LogP contribution < -0.4 is 0 Å². The van der Waals surface area contributed by atoms with E-state index in [4.69, 9.17) is 4.42 Å². The normalized spacial score (nSPS) is 14.2. The molecule has 6 nitrogen and oxygen atoms in total. The molecular formula is C17H15F3N2O4. The number of methoxy groups -OCH3 is 1. The van der Waals surface area contributed by atoms with E-state index < -0.39 is 23.6 Å². The van der Waals surface area contributed by atoms with Crippen molar-refractivity contribution in [1.82, 2.24) is 9.88 Å². The van der Waals surface area contributed by atoms with E-state index in [-0.39, 0.29) is 29.7 Å². The maximum atomic E-state index is 12.9. The fraction of sp³-hybridized carbons (Fsp3) is 0.353. The zero-order valence-electron chi connectivity index (χ0n) is 13.7. The molecule has 0 bridgehead atoms. The Bertz CT molecular complexity index is 827. The van der Waals surface area contributed by atoms with Gasteiger partial charge in [-0.2, -0.15) is 13.2 Å². The molecule has 0 spiro atoms. The van der Waals surface area contributed by atoms with Gasteiger partial charge in [0.25, 0.3) is 5.91 Å². The molecule has 2 aromatic rings. The fourth-order valence-corrected chi connectivity index (χ4v) is 2.47. The van der Waals surface area contributed by atoms with Crippen molar-refractivity contribution >= 4 is 11.9 Å². The summed E-state index contributed by atoms with van der Waals surface area (Å²) in [7, 11) is 1.20. The van der Waals surface area contributed by atoms with Crippen LogP contribution in [0.4, 0.5) is 13.2 Å². The topological polar surface area (TPSA) is 72.6 Å². The van der Waals surface area contributed by atoms with E-state index in [1.807, 2.05) is 0 Å². The maximum absolute atomic E-state index is 12.9. The van der Waals surface area contributed by atoms with Gasteiger partial charge in [-0.1, -0.05) is 6.07 Å². The van der Waals surface area contributed by atoms with Crippen LogP contribution in [-0.2, 0) is 17.5 Å². The Balaban J connectivity index is 1.81. The number of ether oxygens (including phenoxy) is 1. The third kappa shape index (κ3) is 3.87. The second kappa shape index (κ2) is 6.81. The zero-order valence-corrected chi connectivity index (χ0v) is 13.7. The van der Waals surface area contributed by atoms with Gasteiger partial charge < -0.3 is 14.1 Å². The number of esters is 1. The summed E-state index contributed by atoms with van der Waals surface area (Å²) in [5, 5.41) is 0. The lowest BCUT2D eigenvalue weighted by Crippen LogP contribution is -2.33. The van der Waals surface area contributed by atoms with E-state index in [1.54, 1.807) is 0 Å². The Morgan fingerprint density at radius 2 is 2.08 bits per heavy atom. The van der Waals surface area contributed by atoms with Crippen LogP contribution in [0.5, 0.6) is 0 Å². The van der Waals surface area contributed by atoms with Gasteiger partial charge in [-0.25, -0.2) is 9.78 Å². The van der Waals surface area contributed by atoms with Gasteiger partial charge in [0.2, 0.25) is 5.89 Å². The third-order valence-corrected chi connectivity index (χ3v) is 3.94. The van der Waals surface area contributed by atoms with Crippen LogP contribution in [0.1, 0.15) is 45.1 Å². The number of hydrogen-bond donors (Lipinski definition) is 0. The molecule has 9 heteroatoms. The van der Waals surface area contributed by atoms with Gasteiger partial charge in [0.1, 0.15) is 6.26 Å². The minimum atomic E-state index is -4.53. The first kappa shape index (κ1) is 18.0. The molecule has 1 saturated carbocycles. The number of nitrogens with zero attached hydrogens (tertiary/aromatic N) is 2. The Kier molecular flexibility index (Phi) is 4.71. The van der Waals surface area contributed by atoms with Gasteiger partial charge in [0.15, 0.2) is 5.69 Å². The number of alkyl halides is 3. The molecular weight excluding hydrogens is 353 g/mol. The Morgan fingerprint density at radius 3 is 2.69 bits per heavy atom. The average Bonchev–Trinajstić information content (AvgIpc) is 3.35. The molecule has 1 heterocycles. The fourth-order valence-electron chi connectivity index (χ4n) is 2.47. The third-order valence-electron chi connectivity index (χ3n) is 3.94. The number of amides is 1. The van der Waals surface area contributed by atoms with Gasteiger partial charge in [-0.05, 0) is 31.0 Å². The number of carbonyl (C=O) groups excluding carboxylic acids is 2. The second-order valence-electron chi connectivity index (χ2n) is 5.86. The van der Waals surface area contributed by atoms with Crippen molar-refractivity contribution in [3.63, 3.8) is 0 Å². The maximum Gasteiger partial charge on any atom is 0.416 e. The lowest BCUT2D eigenvalue weighted by atomic mass is 10.1. The van der Waals surface area contributed by atoms with E-state index in [0.717, 1.165) is 31.2 Å². The monoisotopic (exact) mass is 368 g/mol. The van der Waals surface area contributed by atoms with Crippen molar-refractivity contribution in [1.29, 1.82) is 0 Å². The Labute approximate surface area is 146 Å². The van der Waals surface area contributed by atoms with Crippen molar-refractivity contribution in [2.45, 2.75) is 31.6 Å². The molecule has 0 atom stereocenters. The Morgan fingerprint density at radius 1 is 1.35 bits per heavy atom. The highest BCUT2D eigenvalue weighted by molar-refractivity contribution is 5.94. The van der Waals surface area contributed by atoms with E-state index in [1.165, 1.54) is 24.1 Å². The minimum absolute atomic E-state index is 0.0373. The van der Waals surface area contributed by atoms with E-state index in [9.17, 15) is 22.8 Å². The zero-order chi connectivity index (χ0) is 18.9. The lowest BCUT2D eigenvalue weighted by molar-refractivity contribution is -0.137. The summed E-state index contributed by atoms with van der Waals surface area (Å²) in [5.74, 6) is -1.11. The van der Waals surface area contributed by atoms with Crippen molar-refractivity contribution < 1.29 is 31.9 Å². The van der Waals surface area contributed by atoms with E-state index in [0.29, 0.717) is 0 Å². The summed E-state index contributed by atoms with van der Waals surface area (Å²) in [4.78, 5) is 29.5. The summed E-state index contributed by atoms with van der Waals surface area (Å²) < 4.78 is 48.3. The molecule has 0 saturated heterocycles. The molecule has 138 valence electrons. The first-order chi connectivity index (χ1) is 12.3. The molecule has 3 rings (SSSR count). The molecule has 0 radical (unpaired) electrons. The quantitative estimate of drug-likeness (QED) is 0.758. The number of oxazole rings is 1. The van der Waals surface area contributed by atoms with Crippen LogP contribution in [0, 0.1) is 0 Å². The van der Waals surface area contributed by atoms with Crippen LogP contribution in [0.2, 0.25) is 0 Å². The highest BCUT2D eigenvalue weighted by Crippen LogP contribution is 2.32. The highest BCUT2D eigenvalue weighted by Gasteiger charge is 2.36. The van der Waals surface area contributed by atoms with Gasteiger partial charge in [-0.3, -0.25) is 4.79 Å². The van der Waals surface area contributed by atoms with Gasteiger partial charge in [0.05, 0.1) is 19.2 Å². The molecule has 1 aliphatic rings. The smallest absolute Gasteiger partial charge is 0.416 e. The predicted molar refractivity (Wildman–Crippen MR) is 82.2 cm³/mol. The molecule has 26 heavy (non-hydrogen) atoms. The van der Waals surface area contributed by atoms with Crippen molar-refractivity contribution in [2.75, 3.05) is 7.11 Å². The summed E-state index contributed by atoms with van der Waals surface area (Å²) in [6.07, 6.45) is -1.93. The second-order valence-corrected chi connectivity index (χ2v) is 5.86. The van der Waals surface area contributed by atoms with Crippen LogP contribution in [-0.4, -0.2) is 34.9 Å². The standard InChI is InChI=1S/C17H15F3N2O4/c1-25-16(24)13-9-26-14(21-13)8-22(12-5-6-12)15(23)10-3-2-4-11(7-10)17(18,19)20/h2-4,7,9,12H,5-6,8H2,1H3. The van der Waals surface area contributed by atoms with Crippen molar-refractivity contribution in [3.05, 3.63) is 53.2 Å². The van der Waals surface area contributed by atoms with Crippen molar-refractivity contribution in [3.8, 4) is 0 Å². The average molecular weight is 368 g/mol. The van der Waals surface area contributed by atoms with Gasteiger partial charge in [-0.15, -0.1) is 0 Å². The number of rotatable bonds is 5.